The van der Waals surface area contributed by atoms with E-state index in [9.17, 15) is 4.79 Å². The van der Waals surface area contributed by atoms with Gasteiger partial charge in [0.2, 0.25) is 0 Å². The number of hydrogen-bond acceptors (Lipinski definition) is 1. The van der Waals surface area contributed by atoms with Gasteiger partial charge in [-0.2, -0.15) is 0 Å². The summed E-state index contributed by atoms with van der Waals surface area (Å²) in [4.78, 5) is 15.6. The van der Waals surface area contributed by atoms with Crippen LogP contribution in [0.25, 0.3) is 0 Å². The lowest BCUT2D eigenvalue weighted by Crippen LogP contribution is -2.27. The van der Waals surface area contributed by atoms with E-state index in [1.807, 2.05) is 0 Å². The predicted molar refractivity (Wildman–Crippen MR) is 56.6 cm³/mol. The maximum atomic E-state index is 11.6. The molecule has 0 bridgehead atoms. The minimum Gasteiger partial charge on any atom is -0.340 e. The molecule has 1 aromatic rings. The number of carbonyl (C=O) groups excluding carboxylic acids is 1. The van der Waals surface area contributed by atoms with Crippen LogP contribution in [0.15, 0.2) is 6.07 Å². The van der Waals surface area contributed by atoms with Crippen molar-refractivity contribution in [1.82, 2.24) is 9.88 Å². The molecule has 0 fully saturated rings. The Bertz CT molecular complexity index is 373. The van der Waals surface area contributed by atoms with E-state index < -0.39 is 0 Å². The van der Waals surface area contributed by atoms with Gasteiger partial charge in [-0.25, -0.2) is 0 Å². The summed E-state index contributed by atoms with van der Waals surface area (Å²) in [6, 6.07) is 1.47. The molecule has 1 N–H and O–H groups in total. The van der Waals surface area contributed by atoms with Crippen LogP contribution in [0.5, 0.6) is 0 Å². The molecule has 0 spiro atoms. The Morgan fingerprint density at radius 2 is 2.36 bits per heavy atom. The Morgan fingerprint density at radius 1 is 1.71 bits per heavy atom. The number of rotatable bonds is 2. The molecule has 0 aromatic carbocycles. The molecule has 1 aromatic heterocycles. The highest BCUT2D eigenvalue weighted by Gasteiger charge is 2.14. The van der Waals surface area contributed by atoms with E-state index in [1.54, 1.807) is 7.05 Å². The average molecular weight is 231 g/mol. The zero-order valence-electron chi connectivity index (χ0n) is 7.47. The summed E-state index contributed by atoms with van der Waals surface area (Å²) in [5, 5.41) is 0.577. The largest absolute Gasteiger partial charge is 0.340 e. The smallest absolute Gasteiger partial charge is 0.270 e. The number of nitrogens with one attached hydrogen (secondary N) is 1. The standard InChI is InChI=1S/C9H8Cl2N2O/c1-3-4-13(2)9(14)7-5-6(10)8(11)12-7/h1,5,12H,4H2,2H3. The van der Waals surface area contributed by atoms with Crippen molar-refractivity contribution in [2.45, 2.75) is 0 Å². The van der Waals surface area contributed by atoms with Crippen LogP contribution in [-0.4, -0.2) is 29.4 Å². The lowest BCUT2D eigenvalue weighted by atomic mass is 10.4. The molecule has 0 aliphatic heterocycles. The number of halogens is 2. The van der Waals surface area contributed by atoms with Gasteiger partial charge in [-0.3, -0.25) is 4.79 Å². The Labute approximate surface area is 92.0 Å². The van der Waals surface area contributed by atoms with Crippen LogP contribution in [0.3, 0.4) is 0 Å². The van der Waals surface area contributed by atoms with Crippen LogP contribution >= 0.6 is 23.2 Å². The van der Waals surface area contributed by atoms with Crippen LogP contribution in [0, 0.1) is 12.3 Å². The third kappa shape index (κ3) is 2.22. The van der Waals surface area contributed by atoms with Gasteiger partial charge in [0.05, 0.1) is 11.6 Å². The highest BCUT2D eigenvalue weighted by Crippen LogP contribution is 2.22. The van der Waals surface area contributed by atoms with Gasteiger partial charge < -0.3 is 9.88 Å². The van der Waals surface area contributed by atoms with E-state index in [0.717, 1.165) is 0 Å². The summed E-state index contributed by atoms with van der Waals surface area (Å²) in [5.41, 5.74) is 0.331. The zero-order chi connectivity index (χ0) is 10.7. The van der Waals surface area contributed by atoms with Crippen LogP contribution < -0.4 is 0 Å². The SMILES string of the molecule is C#CCN(C)C(=O)c1cc(Cl)c(Cl)[nH]1. The maximum Gasteiger partial charge on any atom is 0.270 e. The van der Waals surface area contributed by atoms with Crippen molar-refractivity contribution >= 4 is 29.1 Å². The summed E-state index contributed by atoms with van der Waals surface area (Å²) >= 11 is 11.3. The molecule has 1 heterocycles. The second-order valence-electron chi connectivity index (χ2n) is 2.71. The van der Waals surface area contributed by atoms with E-state index in [1.165, 1.54) is 11.0 Å². The number of aromatic nitrogens is 1. The van der Waals surface area contributed by atoms with Gasteiger partial charge in [0.15, 0.2) is 0 Å². The third-order valence-electron chi connectivity index (χ3n) is 1.63. The Hall–Kier alpha value is -1.11. The predicted octanol–water partition coefficient (Wildman–Crippen LogP) is 2.03. The van der Waals surface area contributed by atoms with Crippen molar-refractivity contribution in [2.75, 3.05) is 13.6 Å². The fraction of sp³-hybridized carbons (Fsp3) is 0.222. The Kier molecular flexibility index (Phi) is 3.45. The molecule has 1 amide bonds. The Balaban J connectivity index is 2.85. The molecule has 0 radical (unpaired) electrons. The maximum absolute atomic E-state index is 11.6. The van der Waals surface area contributed by atoms with Crippen molar-refractivity contribution in [2.24, 2.45) is 0 Å². The summed E-state index contributed by atoms with van der Waals surface area (Å²) in [7, 11) is 1.60. The first kappa shape index (κ1) is 11.0. The molecule has 14 heavy (non-hydrogen) atoms. The highest BCUT2D eigenvalue weighted by molar-refractivity contribution is 6.41. The van der Waals surface area contributed by atoms with E-state index in [4.69, 9.17) is 29.6 Å². The van der Waals surface area contributed by atoms with Gasteiger partial charge in [-0.1, -0.05) is 29.1 Å². The van der Waals surface area contributed by atoms with Crippen molar-refractivity contribution in [3.05, 3.63) is 21.9 Å². The number of aromatic amines is 1. The number of carbonyl (C=O) groups is 1. The van der Waals surface area contributed by atoms with Gasteiger partial charge in [0, 0.05) is 7.05 Å². The van der Waals surface area contributed by atoms with Crippen LogP contribution in [0.1, 0.15) is 10.5 Å². The van der Waals surface area contributed by atoms with E-state index in [0.29, 0.717) is 10.7 Å². The molecule has 0 atom stereocenters. The molecular formula is C9H8Cl2N2O. The number of terminal acetylenes is 1. The highest BCUT2D eigenvalue weighted by atomic mass is 35.5. The second kappa shape index (κ2) is 4.41. The van der Waals surface area contributed by atoms with Gasteiger partial charge in [0.1, 0.15) is 10.8 Å². The molecule has 0 aliphatic carbocycles. The van der Waals surface area contributed by atoms with E-state index in [2.05, 4.69) is 10.9 Å². The molecule has 3 nitrogen and oxygen atoms in total. The van der Waals surface area contributed by atoms with Gasteiger partial charge in [-0.05, 0) is 6.07 Å². The normalized spacial score (nSPS) is 9.57. The molecule has 0 saturated heterocycles. The fourth-order valence-electron chi connectivity index (χ4n) is 0.934. The van der Waals surface area contributed by atoms with Gasteiger partial charge in [0.25, 0.3) is 5.91 Å². The van der Waals surface area contributed by atoms with Crippen molar-refractivity contribution < 1.29 is 4.79 Å². The summed E-state index contributed by atoms with van der Waals surface area (Å²) < 4.78 is 0. The molecular weight excluding hydrogens is 223 g/mol. The molecule has 0 unspecified atom stereocenters. The van der Waals surface area contributed by atoms with E-state index in [-0.39, 0.29) is 17.6 Å². The van der Waals surface area contributed by atoms with Crippen molar-refractivity contribution in [3.8, 4) is 12.3 Å². The quantitative estimate of drug-likeness (QED) is 0.776. The van der Waals surface area contributed by atoms with Gasteiger partial charge >= 0.3 is 0 Å². The zero-order valence-corrected chi connectivity index (χ0v) is 8.99. The number of nitrogens with zero attached hydrogens (tertiary/aromatic N) is 1. The van der Waals surface area contributed by atoms with Crippen LogP contribution in [0.4, 0.5) is 0 Å². The lowest BCUT2D eigenvalue weighted by molar-refractivity contribution is 0.0807. The van der Waals surface area contributed by atoms with Crippen LogP contribution in [0.2, 0.25) is 10.2 Å². The summed E-state index contributed by atoms with van der Waals surface area (Å²) in [6.07, 6.45) is 5.07. The molecule has 0 saturated carbocycles. The number of hydrogen-bond donors (Lipinski definition) is 1. The molecule has 0 aliphatic rings. The fourth-order valence-corrected chi connectivity index (χ4v) is 1.25. The Morgan fingerprint density at radius 3 is 2.79 bits per heavy atom. The number of H-pyrrole nitrogens is 1. The molecule has 74 valence electrons. The first-order valence-corrected chi connectivity index (χ1v) is 4.54. The average Bonchev–Trinajstić information content (AvgIpc) is 2.46. The lowest BCUT2D eigenvalue weighted by Gasteiger charge is -2.11. The topological polar surface area (TPSA) is 36.1 Å². The monoisotopic (exact) mass is 230 g/mol. The van der Waals surface area contributed by atoms with E-state index >= 15 is 0 Å². The molecule has 1 rings (SSSR count). The minimum atomic E-state index is -0.239. The number of amides is 1. The summed E-state index contributed by atoms with van der Waals surface area (Å²) in [5.74, 6) is 2.13. The van der Waals surface area contributed by atoms with Gasteiger partial charge in [-0.15, -0.1) is 6.42 Å². The van der Waals surface area contributed by atoms with Crippen molar-refractivity contribution in [1.29, 1.82) is 0 Å². The second-order valence-corrected chi connectivity index (χ2v) is 3.50. The minimum absolute atomic E-state index is 0.239. The van der Waals surface area contributed by atoms with Crippen molar-refractivity contribution in [3.63, 3.8) is 0 Å². The third-order valence-corrected chi connectivity index (χ3v) is 2.32. The first-order chi connectivity index (χ1) is 6.56. The summed E-state index contributed by atoms with van der Waals surface area (Å²) in [6.45, 7) is 0.243. The molecule has 5 heteroatoms. The van der Waals surface area contributed by atoms with Crippen LogP contribution in [-0.2, 0) is 0 Å². The first-order valence-electron chi connectivity index (χ1n) is 3.79.